The van der Waals surface area contributed by atoms with Crippen molar-refractivity contribution < 1.29 is 4.74 Å². The number of nitrogens with one attached hydrogen (secondary N) is 2. The number of nitrogens with zero attached hydrogens (tertiary/aromatic N) is 3. The summed E-state index contributed by atoms with van der Waals surface area (Å²) >= 11 is 6.19. The van der Waals surface area contributed by atoms with E-state index in [1.807, 2.05) is 36.5 Å². The second-order valence-electron chi connectivity index (χ2n) is 6.42. The third kappa shape index (κ3) is 3.80. The van der Waals surface area contributed by atoms with Crippen LogP contribution in [0.15, 0.2) is 48.9 Å². The number of anilines is 2. The number of benzene rings is 1. The highest BCUT2D eigenvalue weighted by Crippen LogP contribution is 2.37. The molecule has 1 aromatic carbocycles. The van der Waals surface area contributed by atoms with E-state index in [0.29, 0.717) is 12.4 Å². The third-order valence-corrected chi connectivity index (χ3v) is 5.06. The summed E-state index contributed by atoms with van der Waals surface area (Å²) in [7, 11) is 1.64. The van der Waals surface area contributed by atoms with Gasteiger partial charge in [-0.15, -0.1) is 0 Å². The summed E-state index contributed by atoms with van der Waals surface area (Å²) in [5.74, 6) is 2.59. The average Bonchev–Trinajstić information content (AvgIpc) is 3.11. The first kappa shape index (κ1) is 17.5. The molecular weight excluding hydrogens is 362 g/mol. The molecule has 0 saturated carbocycles. The van der Waals surface area contributed by atoms with E-state index >= 15 is 0 Å². The van der Waals surface area contributed by atoms with Gasteiger partial charge in [-0.2, -0.15) is 0 Å². The van der Waals surface area contributed by atoms with Crippen LogP contribution in [0.1, 0.15) is 22.6 Å². The Morgan fingerprint density at radius 2 is 2.07 bits per heavy atom. The highest BCUT2D eigenvalue weighted by molar-refractivity contribution is 6.31. The van der Waals surface area contributed by atoms with E-state index < -0.39 is 0 Å². The molecule has 0 aliphatic carbocycles. The number of rotatable bonds is 6. The van der Waals surface area contributed by atoms with Crippen LogP contribution in [-0.4, -0.2) is 28.6 Å². The van der Waals surface area contributed by atoms with Crippen LogP contribution in [0.3, 0.4) is 0 Å². The molecule has 0 fully saturated rings. The smallest absolute Gasteiger partial charge is 0.221 e. The largest absolute Gasteiger partial charge is 0.481 e. The molecule has 6 nitrogen and oxygen atoms in total. The highest BCUT2D eigenvalue weighted by atomic mass is 35.5. The van der Waals surface area contributed by atoms with Gasteiger partial charge in [0, 0.05) is 30.2 Å². The minimum atomic E-state index is 0.264. The molecule has 138 valence electrons. The van der Waals surface area contributed by atoms with Gasteiger partial charge in [-0.25, -0.2) is 15.0 Å². The van der Waals surface area contributed by atoms with Crippen LogP contribution in [0.25, 0.3) is 0 Å². The predicted octanol–water partition coefficient (Wildman–Crippen LogP) is 3.90. The van der Waals surface area contributed by atoms with Gasteiger partial charge in [0.25, 0.3) is 0 Å². The molecule has 0 radical (unpaired) electrons. The van der Waals surface area contributed by atoms with Crippen LogP contribution in [-0.2, 0) is 13.0 Å². The Labute approximate surface area is 163 Å². The van der Waals surface area contributed by atoms with Crippen molar-refractivity contribution in [1.82, 2.24) is 15.0 Å². The zero-order valence-electron chi connectivity index (χ0n) is 14.9. The number of hydrogen-bond donors (Lipinski definition) is 2. The maximum absolute atomic E-state index is 6.19. The molecule has 7 heteroatoms. The minimum absolute atomic E-state index is 0.264. The number of halogens is 1. The van der Waals surface area contributed by atoms with Gasteiger partial charge in [0.15, 0.2) is 0 Å². The Kier molecular flexibility index (Phi) is 5.07. The van der Waals surface area contributed by atoms with Gasteiger partial charge in [-0.3, -0.25) is 0 Å². The van der Waals surface area contributed by atoms with E-state index in [4.69, 9.17) is 16.3 Å². The van der Waals surface area contributed by atoms with Crippen LogP contribution in [0.2, 0.25) is 5.02 Å². The molecule has 1 aliphatic rings. The highest BCUT2D eigenvalue weighted by Gasteiger charge is 2.28. The number of hydrogen-bond acceptors (Lipinski definition) is 6. The molecule has 4 rings (SSSR count). The first-order valence-electron chi connectivity index (χ1n) is 8.79. The Morgan fingerprint density at radius 1 is 1.19 bits per heavy atom. The summed E-state index contributed by atoms with van der Waals surface area (Å²) in [5, 5.41) is 7.39. The molecule has 0 saturated heterocycles. The number of fused-ring (bicyclic) bond motifs is 1. The predicted molar refractivity (Wildman–Crippen MR) is 107 cm³/mol. The molecular formula is C20H20ClN5O. The van der Waals surface area contributed by atoms with Crippen molar-refractivity contribution in [1.29, 1.82) is 0 Å². The second-order valence-corrected chi connectivity index (χ2v) is 6.83. The van der Waals surface area contributed by atoms with Crippen molar-refractivity contribution in [2.75, 3.05) is 24.3 Å². The number of methoxy groups -OCH3 is 1. The number of pyridine rings is 1. The van der Waals surface area contributed by atoms with Crippen molar-refractivity contribution in [2.24, 2.45) is 0 Å². The van der Waals surface area contributed by atoms with E-state index in [1.165, 1.54) is 6.33 Å². The quantitative estimate of drug-likeness (QED) is 0.674. The van der Waals surface area contributed by atoms with Gasteiger partial charge in [-0.05, 0) is 29.7 Å². The van der Waals surface area contributed by atoms with Crippen molar-refractivity contribution in [3.05, 3.63) is 70.6 Å². The monoisotopic (exact) mass is 381 g/mol. The first-order chi connectivity index (χ1) is 13.2. The summed E-state index contributed by atoms with van der Waals surface area (Å²) < 4.78 is 5.40. The van der Waals surface area contributed by atoms with E-state index in [0.717, 1.165) is 46.3 Å². The molecule has 3 aromatic rings. The molecule has 0 spiro atoms. The Balaban J connectivity index is 1.42. The topological polar surface area (TPSA) is 72.0 Å². The standard InChI is InChI=1S/C20H20ClN5O/c1-27-20-18-15(11-24-19(18)25-12-26-20)8-13-6-7-17(22-9-13)23-10-14-4-2-3-5-16(14)21/h2-7,9,12,15H,8,10-11H2,1H3,(H,22,23)(H,24,25,26). The van der Waals surface area contributed by atoms with Crippen molar-refractivity contribution >= 4 is 23.2 Å². The molecule has 0 amide bonds. The maximum Gasteiger partial charge on any atom is 0.221 e. The molecule has 1 aliphatic heterocycles. The van der Waals surface area contributed by atoms with Crippen molar-refractivity contribution in [2.45, 2.75) is 18.9 Å². The average molecular weight is 382 g/mol. The van der Waals surface area contributed by atoms with Crippen LogP contribution in [0.5, 0.6) is 5.88 Å². The molecule has 1 unspecified atom stereocenters. The fraction of sp³-hybridized carbons (Fsp3) is 0.250. The summed E-state index contributed by atoms with van der Waals surface area (Å²) in [6, 6.07) is 11.9. The SMILES string of the molecule is COc1ncnc2c1C(Cc1ccc(NCc3ccccc3Cl)nc1)CN2. The molecule has 2 aromatic heterocycles. The fourth-order valence-corrected chi connectivity index (χ4v) is 3.51. The van der Waals surface area contributed by atoms with Crippen LogP contribution in [0, 0.1) is 0 Å². The van der Waals surface area contributed by atoms with E-state index in [2.05, 4.69) is 31.7 Å². The second kappa shape index (κ2) is 7.80. The van der Waals surface area contributed by atoms with E-state index in [9.17, 15) is 0 Å². The van der Waals surface area contributed by atoms with E-state index in [-0.39, 0.29) is 5.92 Å². The van der Waals surface area contributed by atoms with Gasteiger partial charge < -0.3 is 15.4 Å². The minimum Gasteiger partial charge on any atom is -0.481 e. The fourth-order valence-electron chi connectivity index (χ4n) is 3.31. The zero-order chi connectivity index (χ0) is 18.6. The Bertz CT molecular complexity index is 932. The summed E-state index contributed by atoms with van der Waals surface area (Å²) in [6.45, 7) is 1.46. The van der Waals surface area contributed by atoms with Gasteiger partial charge in [0.2, 0.25) is 5.88 Å². The molecule has 3 heterocycles. The van der Waals surface area contributed by atoms with Gasteiger partial charge in [0.1, 0.15) is 18.0 Å². The zero-order valence-corrected chi connectivity index (χ0v) is 15.7. The first-order valence-corrected chi connectivity index (χ1v) is 9.17. The molecule has 27 heavy (non-hydrogen) atoms. The van der Waals surface area contributed by atoms with Gasteiger partial charge in [-0.1, -0.05) is 35.9 Å². The maximum atomic E-state index is 6.19. The summed E-state index contributed by atoms with van der Waals surface area (Å²) in [5.41, 5.74) is 3.25. The van der Waals surface area contributed by atoms with Crippen LogP contribution in [0.4, 0.5) is 11.6 Å². The number of ether oxygens (including phenoxy) is 1. The Morgan fingerprint density at radius 3 is 2.85 bits per heavy atom. The number of aromatic nitrogens is 3. The van der Waals surface area contributed by atoms with Gasteiger partial charge >= 0.3 is 0 Å². The molecule has 2 N–H and O–H groups in total. The molecule has 0 bridgehead atoms. The normalized spacial score (nSPS) is 15.1. The molecule has 1 atom stereocenters. The lowest BCUT2D eigenvalue weighted by atomic mass is 9.96. The third-order valence-electron chi connectivity index (χ3n) is 4.69. The lowest BCUT2D eigenvalue weighted by Gasteiger charge is -2.13. The van der Waals surface area contributed by atoms with Crippen LogP contribution >= 0.6 is 11.6 Å². The van der Waals surface area contributed by atoms with Crippen molar-refractivity contribution in [3.8, 4) is 5.88 Å². The van der Waals surface area contributed by atoms with Crippen LogP contribution < -0.4 is 15.4 Å². The lowest BCUT2D eigenvalue weighted by Crippen LogP contribution is -2.07. The lowest BCUT2D eigenvalue weighted by molar-refractivity contribution is 0.389. The van der Waals surface area contributed by atoms with Gasteiger partial charge in [0.05, 0.1) is 12.7 Å². The Hall–Kier alpha value is -2.86. The van der Waals surface area contributed by atoms with E-state index in [1.54, 1.807) is 7.11 Å². The summed E-state index contributed by atoms with van der Waals surface area (Å²) in [4.78, 5) is 13.0. The summed E-state index contributed by atoms with van der Waals surface area (Å²) in [6.07, 6.45) is 4.28. The van der Waals surface area contributed by atoms with Crippen molar-refractivity contribution in [3.63, 3.8) is 0 Å².